The van der Waals surface area contributed by atoms with Crippen LogP contribution in [-0.4, -0.2) is 5.11 Å². The van der Waals surface area contributed by atoms with Crippen molar-refractivity contribution in [2.24, 2.45) is 5.73 Å². The standard InChI is InChI=1S/C11H16BrNO/c1-6(2)8-4-10(12)7(3)9(5-13)11(8)14/h4,6,14H,5,13H2,1-3H3. The number of phenols is 1. The molecule has 2 nitrogen and oxygen atoms in total. The minimum atomic E-state index is 0.303. The molecule has 0 heterocycles. The highest BCUT2D eigenvalue weighted by Gasteiger charge is 2.14. The number of rotatable bonds is 2. The minimum absolute atomic E-state index is 0.303. The molecule has 0 radical (unpaired) electrons. The van der Waals surface area contributed by atoms with Gasteiger partial charge in [-0.25, -0.2) is 0 Å². The molecule has 0 saturated carbocycles. The molecular formula is C11H16BrNO. The second-order valence-electron chi connectivity index (χ2n) is 3.76. The fraction of sp³-hybridized carbons (Fsp3) is 0.455. The number of phenolic OH excluding ortho intramolecular Hbond substituents is 1. The molecule has 0 aliphatic rings. The van der Waals surface area contributed by atoms with E-state index in [0.29, 0.717) is 18.2 Å². The van der Waals surface area contributed by atoms with E-state index in [4.69, 9.17) is 5.73 Å². The zero-order valence-electron chi connectivity index (χ0n) is 8.76. The van der Waals surface area contributed by atoms with Crippen molar-refractivity contribution in [2.75, 3.05) is 0 Å². The van der Waals surface area contributed by atoms with Crippen LogP contribution in [0.4, 0.5) is 0 Å². The predicted molar refractivity (Wildman–Crippen MR) is 62.5 cm³/mol. The zero-order valence-corrected chi connectivity index (χ0v) is 10.4. The average molecular weight is 258 g/mol. The normalized spacial score (nSPS) is 11.0. The lowest BCUT2D eigenvalue weighted by Crippen LogP contribution is -2.03. The molecule has 0 bridgehead atoms. The van der Waals surface area contributed by atoms with Crippen LogP contribution in [0.25, 0.3) is 0 Å². The highest BCUT2D eigenvalue weighted by molar-refractivity contribution is 9.10. The van der Waals surface area contributed by atoms with Gasteiger partial charge in [0.1, 0.15) is 5.75 Å². The summed E-state index contributed by atoms with van der Waals surface area (Å²) in [6.07, 6.45) is 0. The predicted octanol–water partition coefficient (Wildman–Crippen LogP) is 3.05. The van der Waals surface area contributed by atoms with E-state index in [0.717, 1.165) is 21.2 Å². The van der Waals surface area contributed by atoms with Crippen molar-refractivity contribution in [1.82, 2.24) is 0 Å². The van der Waals surface area contributed by atoms with E-state index in [1.165, 1.54) is 0 Å². The summed E-state index contributed by atoms with van der Waals surface area (Å²) in [7, 11) is 0. The van der Waals surface area contributed by atoms with Gasteiger partial charge >= 0.3 is 0 Å². The minimum Gasteiger partial charge on any atom is -0.507 e. The molecular weight excluding hydrogens is 242 g/mol. The molecule has 78 valence electrons. The van der Waals surface area contributed by atoms with Crippen LogP contribution in [0, 0.1) is 6.92 Å². The average Bonchev–Trinajstić information content (AvgIpc) is 2.12. The smallest absolute Gasteiger partial charge is 0.123 e. The van der Waals surface area contributed by atoms with Crippen LogP contribution in [0.15, 0.2) is 10.5 Å². The van der Waals surface area contributed by atoms with Crippen molar-refractivity contribution in [2.45, 2.75) is 33.2 Å². The second kappa shape index (κ2) is 4.32. The Hall–Kier alpha value is -0.540. The summed E-state index contributed by atoms with van der Waals surface area (Å²) in [5.74, 6) is 0.653. The lowest BCUT2D eigenvalue weighted by molar-refractivity contribution is 0.457. The van der Waals surface area contributed by atoms with E-state index in [1.54, 1.807) is 0 Å². The molecule has 14 heavy (non-hydrogen) atoms. The number of hydrogen-bond donors (Lipinski definition) is 2. The quantitative estimate of drug-likeness (QED) is 0.856. The Kier molecular flexibility index (Phi) is 3.56. The Morgan fingerprint density at radius 1 is 1.50 bits per heavy atom. The van der Waals surface area contributed by atoms with E-state index in [1.807, 2.05) is 13.0 Å². The Balaban J connectivity index is 3.42. The number of hydrogen-bond acceptors (Lipinski definition) is 2. The van der Waals surface area contributed by atoms with Crippen LogP contribution < -0.4 is 5.73 Å². The third kappa shape index (κ3) is 1.93. The van der Waals surface area contributed by atoms with E-state index in [-0.39, 0.29) is 0 Å². The molecule has 0 atom stereocenters. The molecule has 1 aromatic rings. The van der Waals surface area contributed by atoms with E-state index < -0.39 is 0 Å². The molecule has 0 aromatic heterocycles. The zero-order chi connectivity index (χ0) is 10.9. The van der Waals surface area contributed by atoms with Crippen LogP contribution in [0.5, 0.6) is 5.75 Å². The van der Waals surface area contributed by atoms with Gasteiger partial charge in [-0.15, -0.1) is 0 Å². The maximum atomic E-state index is 9.96. The van der Waals surface area contributed by atoms with Crippen LogP contribution >= 0.6 is 15.9 Å². The molecule has 0 spiro atoms. The van der Waals surface area contributed by atoms with E-state index in [2.05, 4.69) is 29.8 Å². The Bertz CT molecular complexity index is 348. The molecule has 1 rings (SSSR count). The first-order valence-electron chi connectivity index (χ1n) is 4.70. The SMILES string of the molecule is Cc1c(Br)cc(C(C)C)c(O)c1CN. The van der Waals surface area contributed by atoms with Gasteiger partial charge in [0, 0.05) is 16.6 Å². The summed E-state index contributed by atoms with van der Waals surface area (Å²) >= 11 is 3.47. The monoisotopic (exact) mass is 257 g/mol. The fourth-order valence-corrected chi connectivity index (χ4v) is 1.98. The highest BCUT2D eigenvalue weighted by atomic mass is 79.9. The summed E-state index contributed by atoms with van der Waals surface area (Å²) < 4.78 is 1.01. The van der Waals surface area contributed by atoms with E-state index >= 15 is 0 Å². The highest BCUT2D eigenvalue weighted by Crippen LogP contribution is 2.35. The van der Waals surface area contributed by atoms with Gasteiger partial charge in [0.15, 0.2) is 0 Å². The lowest BCUT2D eigenvalue weighted by atomic mass is 9.96. The summed E-state index contributed by atoms with van der Waals surface area (Å²) in [6.45, 7) is 6.43. The van der Waals surface area contributed by atoms with Crippen molar-refractivity contribution < 1.29 is 5.11 Å². The number of aromatic hydroxyl groups is 1. The van der Waals surface area contributed by atoms with Gasteiger partial charge in [0.05, 0.1) is 0 Å². The third-order valence-electron chi connectivity index (χ3n) is 2.48. The first kappa shape index (κ1) is 11.5. The van der Waals surface area contributed by atoms with Crippen LogP contribution in [-0.2, 0) is 6.54 Å². The number of halogens is 1. The first-order valence-corrected chi connectivity index (χ1v) is 5.49. The molecule has 1 aromatic carbocycles. The maximum Gasteiger partial charge on any atom is 0.123 e. The summed E-state index contributed by atoms with van der Waals surface area (Å²) in [6, 6.07) is 1.97. The summed E-state index contributed by atoms with van der Waals surface area (Å²) in [5, 5.41) is 9.96. The van der Waals surface area contributed by atoms with Crippen LogP contribution in [0.3, 0.4) is 0 Å². The van der Waals surface area contributed by atoms with Crippen LogP contribution in [0.2, 0.25) is 0 Å². The molecule has 0 aliphatic carbocycles. The lowest BCUT2D eigenvalue weighted by Gasteiger charge is -2.15. The molecule has 0 fully saturated rings. The third-order valence-corrected chi connectivity index (χ3v) is 3.30. The van der Waals surface area contributed by atoms with Gasteiger partial charge in [0.25, 0.3) is 0 Å². The summed E-state index contributed by atoms with van der Waals surface area (Å²) in [4.78, 5) is 0. The first-order chi connectivity index (χ1) is 6.49. The molecule has 0 saturated heterocycles. The van der Waals surface area contributed by atoms with Crippen LogP contribution in [0.1, 0.15) is 36.5 Å². The Morgan fingerprint density at radius 2 is 2.07 bits per heavy atom. The number of benzene rings is 1. The van der Waals surface area contributed by atoms with Gasteiger partial charge in [-0.1, -0.05) is 29.8 Å². The van der Waals surface area contributed by atoms with Gasteiger partial charge in [-0.05, 0) is 30.0 Å². The van der Waals surface area contributed by atoms with Gasteiger partial charge in [-0.3, -0.25) is 0 Å². The molecule has 0 amide bonds. The van der Waals surface area contributed by atoms with Crippen molar-refractivity contribution in [3.05, 3.63) is 27.2 Å². The molecule has 3 N–H and O–H groups in total. The molecule has 0 aliphatic heterocycles. The fourth-order valence-electron chi connectivity index (χ4n) is 1.50. The summed E-state index contributed by atoms with van der Waals surface area (Å²) in [5.41, 5.74) is 8.41. The van der Waals surface area contributed by atoms with Crippen molar-refractivity contribution in [3.63, 3.8) is 0 Å². The maximum absolute atomic E-state index is 9.96. The molecule has 0 unspecified atom stereocenters. The second-order valence-corrected chi connectivity index (χ2v) is 4.61. The number of nitrogens with two attached hydrogens (primary N) is 1. The Morgan fingerprint density at radius 3 is 2.50 bits per heavy atom. The van der Waals surface area contributed by atoms with Gasteiger partial charge in [0.2, 0.25) is 0 Å². The van der Waals surface area contributed by atoms with Crippen molar-refractivity contribution in [3.8, 4) is 5.75 Å². The van der Waals surface area contributed by atoms with Crippen molar-refractivity contribution >= 4 is 15.9 Å². The largest absolute Gasteiger partial charge is 0.507 e. The van der Waals surface area contributed by atoms with Gasteiger partial charge in [-0.2, -0.15) is 0 Å². The topological polar surface area (TPSA) is 46.2 Å². The molecule has 3 heteroatoms. The van der Waals surface area contributed by atoms with Gasteiger partial charge < -0.3 is 10.8 Å². The Labute approximate surface area is 93.3 Å². The van der Waals surface area contributed by atoms with E-state index in [9.17, 15) is 5.11 Å². The van der Waals surface area contributed by atoms with Crippen molar-refractivity contribution in [1.29, 1.82) is 0 Å².